The van der Waals surface area contributed by atoms with Crippen LogP contribution < -0.4 is 15.4 Å². The number of rotatable bonds is 9. The minimum atomic E-state index is -3.52. The first-order valence-corrected chi connectivity index (χ1v) is 11.7. The highest BCUT2D eigenvalue weighted by Crippen LogP contribution is 2.48. The zero-order valence-electron chi connectivity index (χ0n) is 20.1. The van der Waals surface area contributed by atoms with Crippen LogP contribution in [0.4, 0.5) is 8.78 Å². The Morgan fingerprint density at radius 2 is 2.09 bits per heavy atom. The Morgan fingerprint density at radius 1 is 1.39 bits per heavy atom. The Balaban J connectivity index is 1.75. The fraction of sp³-hybridized carbons (Fsp3) is 0.680. The molecule has 1 aliphatic carbocycles. The maximum atomic E-state index is 13.4. The van der Waals surface area contributed by atoms with Crippen LogP contribution in [0, 0.1) is 5.41 Å². The zero-order valence-corrected chi connectivity index (χ0v) is 20.1. The van der Waals surface area contributed by atoms with E-state index in [1.54, 1.807) is 0 Å². The molecule has 1 saturated carbocycles. The fourth-order valence-corrected chi connectivity index (χ4v) is 4.54. The molecule has 1 aromatic heterocycles. The van der Waals surface area contributed by atoms with Crippen molar-refractivity contribution in [1.82, 2.24) is 15.6 Å². The molecule has 184 valence electrons. The summed E-state index contributed by atoms with van der Waals surface area (Å²) in [7, 11) is 0. The van der Waals surface area contributed by atoms with Gasteiger partial charge in [0, 0.05) is 37.7 Å². The SMILES string of the molecule is C=CC[C@H](NC(=O)C(C)(F)F)[C@H](O)CNC1CC2(CCC2)Oc2ncc(CC(C)(C)C)cc21. The van der Waals surface area contributed by atoms with Gasteiger partial charge in [0.15, 0.2) is 0 Å². The molecule has 8 heteroatoms. The number of amides is 1. The molecule has 6 nitrogen and oxygen atoms in total. The average molecular weight is 466 g/mol. The third-order valence-electron chi connectivity index (χ3n) is 6.37. The summed E-state index contributed by atoms with van der Waals surface area (Å²) in [4.78, 5) is 16.4. The van der Waals surface area contributed by atoms with Gasteiger partial charge in [0.05, 0.1) is 12.1 Å². The Hall–Kier alpha value is -2.06. The molecule has 1 unspecified atom stereocenters. The summed E-state index contributed by atoms with van der Waals surface area (Å²) < 4.78 is 33.0. The van der Waals surface area contributed by atoms with E-state index in [1.165, 1.54) is 6.08 Å². The number of hydrogen-bond acceptors (Lipinski definition) is 5. The molecule has 0 bridgehead atoms. The molecular formula is C25H37F2N3O3. The first kappa shape index (κ1) is 25.6. The lowest BCUT2D eigenvalue weighted by Crippen LogP contribution is -2.53. The molecule has 0 radical (unpaired) electrons. The standard InChI is InChI=1S/C25H37F2N3O3/c1-6-8-18(30-22(32)24(5,26)27)20(31)15-28-19-13-25(9-7-10-25)33-21-17(19)11-16(14-29-21)12-23(2,3)4/h6,11,14,18-20,28,31H,1,7-10,12-13,15H2,2-5H3,(H,30,32)/t18-,19?,20+/m0/s1. The Labute approximate surface area is 195 Å². The minimum absolute atomic E-state index is 0.0937. The smallest absolute Gasteiger partial charge is 0.321 e. The minimum Gasteiger partial charge on any atom is -0.471 e. The van der Waals surface area contributed by atoms with E-state index < -0.39 is 24.0 Å². The van der Waals surface area contributed by atoms with Crippen LogP contribution >= 0.6 is 0 Å². The summed E-state index contributed by atoms with van der Waals surface area (Å²) >= 11 is 0. The van der Waals surface area contributed by atoms with E-state index in [4.69, 9.17) is 4.74 Å². The first-order chi connectivity index (χ1) is 15.3. The van der Waals surface area contributed by atoms with Crippen molar-refractivity contribution < 1.29 is 23.4 Å². The Kier molecular flexibility index (Phi) is 7.49. The number of halogens is 2. The van der Waals surface area contributed by atoms with E-state index in [1.807, 2.05) is 6.20 Å². The van der Waals surface area contributed by atoms with Crippen molar-refractivity contribution >= 4 is 5.91 Å². The lowest BCUT2D eigenvalue weighted by atomic mass is 9.73. The van der Waals surface area contributed by atoms with Crippen LogP contribution in [0.25, 0.3) is 0 Å². The number of aliphatic hydroxyl groups is 1. The number of pyridine rings is 1. The van der Waals surface area contributed by atoms with Crippen molar-refractivity contribution in [3.8, 4) is 5.88 Å². The molecule has 1 amide bonds. The van der Waals surface area contributed by atoms with Crippen LogP contribution in [0.2, 0.25) is 0 Å². The van der Waals surface area contributed by atoms with Crippen LogP contribution in [0.15, 0.2) is 24.9 Å². The molecule has 1 aromatic rings. The molecule has 0 saturated heterocycles. The molecule has 3 atom stereocenters. The molecule has 3 rings (SSSR count). The van der Waals surface area contributed by atoms with Crippen molar-refractivity contribution in [2.24, 2.45) is 5.41 Å². The molecular weight excluding hydrogens is 428 g/mol. The summed E-state index contributed by atoms with van der Waals surface area (Å²) in [6.45, 7) is 10.8. The lowest BCUT2D eigenvalue weighted by molar-refractivity contribution is -0.144. The van der Waals surface area contributed by atoms with Crippen LogP contribution in [-0.4, -0.2) is 46.2 Å². The maximum absolute atomic E-state index is 13.4. The summed E-state index contributed by atoms with van der Waals surface area (Å²) in [5.74, 6) is -4.31. The number of carbonyl (C=O) groups excluding carboxylic acids is 1. The number of carbonyl (C=O) groups is 1. The number of nitrogens with one attached hydrogen (secondary N) is 2. The van der Waals surface area contributed by atoms with Crippen molar-refractivity contribution in [3.63, 3.8) is 0 Å². The molecule has 1 spiro atoms. The number of nitrogens with zero attached hydrogens (tertiary/aromatic N) is 1. The number of fused-ring (bicyclic) bond motifs is 1. The number of alkyl halides is 2. The molecule has 33 heavy (non-hydrogen) atoms. The topological polar surface area (TPSA) is 83.5 Å². The van der Waals surface area contributed by atoms with E-state index >= 15 is 0 Å². The quantitative estimate of drug-likeness (QED) is 0.479. The van der Waals surface area contributed by atoms with E-state index in [0.717, 1.165) is 43.2 Å². The average Bonchev–Trinajstić information content (AvgIpc) is 2.68. The molecule has 0 aromatic carbocycles. The first-order valence-electron chi connectivity index (χ1n) is 11.7. The van der Waals surface area contributed by atoms with Crippen molar-refractivity contribution in [3.05, 3.63) is 36.0 Å². The number of aliphatic hydroxyl groups excluding tert-OH is 1. The lowest BCUT2D eigenvalue weighted by Gasteiger charge is -2.47. The largest absolute Gasteiger partial charge is 0.471 e. The van der Waals surface area contributed by atoms with Crippen LogP contribution in [0.3, 0.4) is 0 Å². The monoisotopic (exact) mass is 465 g/mol. The van der Waals surface area contributed by atoms with Gasteiger partial charge in [0.25, 0.3) is 5.91 Å². The highest BCUT2D eigenvalue weighted by Gasteiger charge is 2.46. The summed E-state index contributed by atoms with van der Waals surface area (Å²) in [5, 5.41) is 16.4. The van der Waals surface area contributed by atoms with Gasteiger partial charge >= 0.3 is 5.92 Å². The molecule has 1 aliphatic heterocycles. The highest BCUT2D eigenvalue weighted by molar-refractivity contribution is 5.83. The summed E-state index contributed by atoms with van der Waals surface area (Å²) in [6.07, 6.45) is 7.11. The van der Waals surface area contributed by atoms with Crippen molar-refractivity contribution in [1.29, 1.82) is 0 Å². The second-order valence-electron chi connectivity index (χ2n) is 10.8. The fourth-order valence-electron chi connectivity index (χ4n) is 4.54. The van der Waals surface area contributed by atoms with Gasteiger partial charge in [0.2, 0.25) is 5.88 Å². The maximum Gasteiger partial charge on any atom is 0.321 e. The van der Waals surface area contributed by atoms with Gasteiger partial charge in [-0.15, -0.1) is 6.58 Å². The molecule has 2 heterocycles. The third kappa shape index (κ3) is 6.51. The Bertz CT molecular complexity index is 859. The van der Waals surface area contributed by atoms with E-state index in [0.29, 0.717) is 12.8 Å². The highest BCUT2D eigenvalue weighted by atomic mass is 19.3. The van der Waals surface area contributed by atoms with Gasteiger partial charge in [-0.1, -0.05) is 26.8 Å². The van der Waals surface area contributed by atoms with Gasteiger partial charge in [-0.25, -0.2) is 4.98 Å². The van der Waals surface area contributed by atoms with Gasteiger partial charge in [-0.2, -0.15) is 8.78 Å². The normalized spacial score (nSPS) is 21.4. The molecule has 1 fully saturated rings. The van der Waals surface area contributed by atoms with Crippen LogP contribution in [-0.2, 0) is 11.2 Å². The predicted octanol–water partition coefficient (Wildman–Crippen LogP) is 4.08. The predicted molar refractivity (Wildman–Crippen MR) is 123 cm³/mol. The molecule has 3 N–H and O–H groups in total. The zero-order chi connectivity index (χ0) is 24.4. The van der Waals surface area contributed by atoms with Crippen LogP contribution in [0.5, 0.6) is 5.88 Å². The van der Waals surface area contributed by atoms with E-state index in [-0.39, 0.29) is 30.0 Å². The van der Waals surface area contributed by atoms with Gasteiger partial charge in [-0.05, 0) is 49.1 Å². The van der Waals surface area contributed by atoms with Gasteiger partial charge in [0.1, 0.15) is 5.60 Å². The van der Waals surface area contributed by atoms with Gasteiger partial charge in [-0.3, -0.25) is 4.79 Å². The third-order valence-corrected chi connectivity index (χ3v) is 6.37. The molecule has 2 aliphatic rings. The van der Waals surface area contributed by atoms with Crippen molar-refractivity contribution in [2.45, 2.75) is 95.9 Å². The Morgan fingerprint density at radius 3 is 2.64 bits per heavy atom. The van der Waals surface area contributed by atoms with Crippen molar-refractivity contribution in [2.75, 3.05) is 6.54 Å². The van der Waals surface area contributed by atoms with Crippen LogP contribution in [0.1, 0.15) is 77.0 Å². The second-order valence-corrected chi connectivity index (χ2v) is 10.8. The number of hydrogen-bond donors (Lipinski definition) is 3. The second kappa shape index (κ2) is 9.66. The van der Waals surface area contributed by atoms with E-state index in [9.17, 15) is 18.7 Å². The van der Waals surface area contributed by atoms with E-state index in [2.05, 4.69) is 49.0 Å². The number of aromatic nitrogens is 1. The summed E-state index contributed by atoms with van der Waals surface area (Å²) in [6, 6.07) is 1.16. The number of ether oxygens (including phenoxy) is 1. The van der Waals surface area contributed by atoms with Gasteiger partial charge < -0.3 is 20.5 Å². The summed E-state index contributed by atoms with van der Waals surface area (Å²) in [5.41, 5.74) is 1.93.